The van der Waals surface area contributed by atoms with Gasteiger partial charge in [0.15, 0.2) is 0 Å². The molecule has 4 rings (SSSR count). The standard InChI is InChI=1S/C24H23NO2S2/c1-16(22(26)20-12-11-18-9-5-6-10-19(18)14-20)23(27)25-21(15-29-24(25)28)13-17-7-3-2-4-8-17/h2-12,14,16,21-22,26H,13,15H2,1H3/t16-,21-,22-/m0/s1. The maximum Gasteiger partial charge on any atom is 0.234 e. The number of carbonyl (C=O) groups is 1. The molecule has 1 heterocycles. The Labute approximate surface area is 180 Å². The number of fused-ring (bicyclic) bond motifs is 1. The number of amides is 1. The van der Waals surface area contributed by atoms with Crippen molar-refractivity contribution in [2.75, 3.05) is 5.75 Å². The van der Waals surface area contributed by atoms with E-state index in [4.69, 9.17) is 12.2 Å². The van der Waals surface area contributed by atoms with Gasteiger partial charge in [0.1, 0.15) is 4.32 Å². The first-order valence-electron chi connectivity index (χ1n) is 9.75. The Morgan fingerprint density at radius 3 is 2.55 bits per heavy atom. The second kappa shape index (κ2) is 8.66. The molecule has 148 valence electrons. The number of aliphatic hydroxyl groups excluding tert-OH is 1. The minimum absolute atomic E-state index is 0.0219. The lowest BCUT2D eigenvalue weighted by molar-refractivity contribution is -0.135. The Kier molecular flexibility index (Phi) is 5.99. The van der Waals surface area contributed by atoms with Crippen molar-refractivity contribution in [3.63, 3.8) is 0 Å². The highest BCUT2D eigenvalue weighted by Crippen LogP contribution is 2.32. The maximum atomic E-state index is 13.3. The van der Waals surface area contributed by atoms with Crippen LogP contribution in [0, 0.1) is 5.92 Å². The van der Waals surface area contributed by atoms with Gasteiger partial charge in [-0.25, -0.2) is 0 Å². The van der Waals surface area contributed by atoms with Crippen molar-refractivity contribution >= 4 is 45.0 Å². The van der Waals surface area contributed by atoms with Gasteiger partial charge in [0.05, 0.1) is 18.1 Å². The zero-order valence-electron chi connectivity index (χ0n) is 16.2. The van der Waals surface area contributed by atoms with Crippen LogP contribution in [0.15, 0.2) is 72.8 Å². The van der Waals surface area contributed by atoms with E-state index in [1.807, 2.05) is 60.7 Å². The third-order valence-electron chi connectivity index (χ3n) is 5.49. The Morgan fingerprint density at radius 1 is 1.10 bits per heavy atom. The minimum atomic E-state index is -0.877. The van der Waals surface area contributed by atoms with Crippen LogP contribution in [0.5, 0.6) is 0 Å². The fourth-order valence-corrected chi connectivity index (χ4v) is 5.22. The number of benzene rings is 3. The van der Waals surface area contributed by atoms with E-state index in [-0.39, 0.29) is 11.9 Å². The summed E-state index contributed by atoms with van der Waals surface area (Å²) in [4.78, 5) is 15.0. The second-order valence-corrected chi connectivity index (χ2v) is 9.12. The van der Waals surface area contributed by atoms with Gasteiger partial charge in [-0.05, 0) is 34.4 Å². The molecule has 1 fully saturated rings. The fraction of sp³-hybridized carbons (Fsp3) is 0.250. The summed E-state index contributed by atoms with van der Waals surface area (Å²) in [6.45, 7) is 1.79. The van der Waals surface area contributed by atoms with Crippen LogP contribution in [0.1, 0.15) is 24.2 Å². The molecule has 1 amide bonds. The van der Waals surface area contributed by atoms with Gasteiger partial charge in [-0.15, -0.1) is 0 Å². The van der Waals surface area contributed by atoms with E-state index in [1.54, 1.807) is 23.6 Å². The first-order chi connectivity index (χ1) is 14.0. The van der Waals surface area contributed by atoms with E-state index in [1.165, 1.54) is 5.56 Å². The molecule has 29 heavy (non-hydrogen) atoms. The third kappa shape index (κ3) is 4.22. The molecule has 0 saturated carbocycles. The molecule has 1 saturated heterocycles. The summed E-state index contributed by atoms with van der Waals surface area (Å²) in [6, 6.07) is 24.0. The van der Waals surface area contributed by atoms with Crippen LogP contribution in [-0.4, -0.2) is 32.0 Å². The summed E-state index contributed by atoms with van der Waals surface area (Å²) in [6.07, 6.45) is -0.115. The molecule has 0 unspecified atom stereocenters. The van der Waals surface area contributed by atoms with Gasteiger partial charge >= 0.3 is 0 Å². The van der Waals surface area contributed by atoms with Crippen molar-refractivity contribution in [2.45, 2.75) is 25.5 Å². The Bertz CT molecular complexity index is 1040. The first-order valence-corrected chi connectivity index (χ1v) is 11.1. The molecule has 0 bridgehead atoms. The topological polar surface area (TPSA) is 40.5 Å². The first kappa shape index (κ1) is 20.1. The number of aliphatic hydroxyl groups is 1. The Morgan fingerprint density at radius 2 is 1.79 bits per heavy atom. The van der Waals surface area contributed by atoms with Gasteiger partial charge in [0.2, 0.25) is 5.91 Å². The lowest BCUT2D eigenvalue weighted by Gasteiger charge is -2.29. The van der Waals surface area contributed by atoms with E-state index in [0.717, 1.165) is 28.5 Å². The predicted molar refractivity (Wildman–Crippen MR) is 124 cm³/mol. The van der Waals surface area contributed by atoms with E-state index in [0.29, 0.717) is 4.32 Å². The summed E-state index contributed by atoms with van der Waals surface area (Å²) >= 11 is 7.02. The SMILES string of the molecule is C[C@H](C(=O)N1C(=S)SC[C@@H]1Cc1ccccc1)[C@H](O)c1ccc2ccccc2c1. The maximum absolute atomic E-state index is 13.3. The van der Waals surface area contributed by atoms with Crippen molar-refractivity contribution in [3.8, 4) is 0 Å². The Balaban J connectivity index is 1.53. The van der Waals surface area contributed by atoms with Gasteiger partial charge in [-0.2, -0.15) is 0 Å². The number of thiocarbonyl (C=S) groups is 1. The van der Waals surface area contributed by atoms with Crippen molar-refractivity contribution in [1.29, 1.82) is 0 Å². The van der Waals surface area contributed by atoms with Crippen LogP contribution in [0.4, 0.5) is 0 Å². The lowest BCUT2D eigenvalue weighted by Crippen LogP contribution is -2.44. The molecule has 0 aromatic heterocycles. The molecule has 0 aliphatic carbocycles. The summed E-state index contributed by atoms with van der Waals surface area (Å²) in [5, 5.41) is 13.1. The highest BCUT2D eigenvalue weighted by atomic mass is 32.2. The Hall–Kier alpha value is -2.21. The van der Waals surface area contributed by atoms with Gasteiger partial charge in [-0.3, -0.25) is 9.69 Å². The molecule has 0 radical (unpaired) electrons. The van der Waals surface area contributed by atoms with Crippen LogP contribution in [-0.2, 0) is 11.2 Å². The van der Waals surface area contributed by atoms with Crippen LogP contribution in [0.25, 0.3) is 10.8 Å². The van der Waals surface area contributed by atoms with Crippen molar-refractivity contribution in [3.05, 3.63) is 83.9 Å². The number of hydrogen-bond acceptors (Lipinski definition) is 4. The van der Waals surface area contributed by atoms with E-state index in [2.05, 4.69) is 12.1 Å². The van der Waals surface area contributed by atoms with Crippen molar-refractivity contribution in [1.82, 2.24) is 4.90 Å². The van der Waals surface area contributed by atoms with Crippen molar-refractivity contribution in [2.24, 2.45) is 5.92 Å². The zero-order valence-corrected chi connectivity index (χ0v) is 17.8. The third-order valence-corrected chi connectivity index (χ3v) is 7.04. The summed E-state index contributed by atoms with van der Waals surface area (Å²) in [7, 11) is 0. The van der Waals surface area contributed by atoms with E-state index < -0.39 is 12.0 Å². The molecule has 3 aromatic rings. The van der Waals surface area contributed by atoms with Gasteiger partial charge < -0.3 is 5.11 Å². The lowest BCUT2D eigenvalue weighted by atomic mass is 9.93. The number of nitrogens with zero attached hydrogens (tertiary/aromatic N) is 1. The van der Waals surface area contributed by atoms with E-state index >= 15 is 0 Å². The molecule has 0 spiro atoms. The van der Waals surface area contributed by atoms with Crippen LogP contribution < -0.4 is 0 Å². The average Bonchev–Trinajstić information content (AvgIpc) is 3.12. The van der Waals surface area contributed by atoms with Gasteiger partial charge in [-0.1, -0.05) is 97.6 Å². The highest BCUT2D eigenvalue weighted by molar-refractivity contribution is 8.23. The second-order valence-electron chi connectivity index (χ2n) is 7.47. The van der Waals surface area contributed by atoms with Crippen LogP contribution in [0.3, 0.4) is 0 Å². The van der Waals surface area contributed by atoms with Gasteiger partial charge in [0, 0.05) is 5.75 Å². The largest absolute Gasteiger partial charge is 0.388 e. The number of hydrogen-bond donors (Lipinski definition) is 1. The number of rotatable bonds is 5. The normalized spacial score (nSPS) is 18.8. The average molecular weight is 422 g/mol. The smallest absolute Gasteiger partial charge is 0.234 e. The fourth-order valence-electron chi connectivity index (χ4n) is 3.80. The molecule has 1 aliphatic rings. The molecule has 1 aliphatic heterocycles. The van der Waals surface area contributed by atoms with Crippen LogP contribution in [0.2, 0.25) is 0 Å². The van der Waals surface area contributed by atoms with E-state index in [9.17, 15) is 9.90 Å². The van der Waals surface area contributed by atoms with Crippen LogP contribution >= 0.6 is 24.0 Å². The summed E-state index contributed by atoms with van der Waals surface area (Å²) < 4.78 is 0.605. The summed E-state index contributed by atoms with van der Waals surface area (Å²) in [5.74, 6) is 0.103. The molecule has 3 nitrogen and oxygen atoms in total. The summed E-state index contributed by atoms with van der Waals surface area (Å²) in [5.41, 5.74) is 1.94. The molecule has 5 heteroatoms. The molecule has 1 N–H and O–H groups in total. The monoisotopic (exact) mass is 421 g/mol. The quantitative estimate of drug-likeness (QED) is 0.590. The zero-order chi connectivity index (χ0) is 20.4. The number of thioether (sulfide) groups is 1. The minimum Gasteiger partial charge on any atom is -0.388 e. The number of carbonyl (C=O) groups excluding carboxylic acids is 1. The van der Waals surface area contributed by atoms with Gasteiger partial charge in [0.25, 0.3) is 0 Å². The predicted octanol–water partition coefficient (Wildman–Crippen LogP) is 4.98. The highest BCUT2D eigenvalue weighted by Gasteiger charge is 2.38. The molecule has 3 atom stereocenters. The molecule has 3 aromatic carbocycles. The molecular weight excluding hydrogens is 398 g/mol. The molecular formula is C24H23NO2S2. The van der Waals surface area contributed by atoms with Crippen molar-refractivity contribution < 1.29 is 9.90 Å².